The molecule has 12 N–H and O–H groups in total. The molecule has 132 valence electrons. The van der Waals surface area contributed by atoms with Crippen molar-refractivity contribution in [1.82, 2.24) is 0 Å². The molecule has 0 aromatic rings. The van der Waals surface area contributed by atoms with Crippen molar-refractivity contribution in [2.75, 3.05) is 39.5 Å². The second-order valence-electron chi connectivity index (χ2n) is 2.02. The van der Waals surface area contributed by atoms with Crippen LogP contribution in [0.25, 0.3) is 0 Å². The highest BCUT2D eigenvalue weighted by Crippen LogP contribution is 1.29. The maximum atomic E-state index is 8.25. The number of quaternary nitrogens is 3. The minimum absolute atomic E-state index is 0.208. The first-order valence-electron chi connectivity index (χ1n) is 5.36. The number of carboxylic acid groups (broad SMARTS) is 3. The number of aliphatic hydroxyl groups is 3. The summed E-state index contributed by atoms with van der Waals surface area (Å²) in [5, 5.41) is 48.2. The molecule has 12 heteroatoms. The molecule has 0 aliphatic carbocycles. The zero-order valence-electron chi connectivity index (χ0n) is 11.9. The molecule has 0 amide bonds. The van der Waals surface area contributed by atoms with Crippen LogP contribution in [-0.4, -0.2) is 74.2 Å². The van der Waals surface area contributed by atoms with Crippen molar-refractivity contribution in [1.29, 1.82) is 0 Å². The SMILES string of the molecule is O=C[O-].O=C[O-].O=C[O-].[NH3+]CCO.[NH3+]CCO.[NH3+]CCO. The number of carbonyl (C=O) groups is 3. The third-order valence-electron chi connectivity index (χ3n) is 0.474. The average molecular weight is 321 g/mol. The second kappa shape index (κ2) is 104. The van der Waals surface area contributed by atoms with E-state index in [0.717, 1.165) is 0 Å². The van der Waals surface area contributed by atoms with Crippen LogP contribution in [0.3, 0.4) is 0 Å². The van der Waals surface area contributed by atoms with E-state index in [2.05, 4.69) is 17.2 Å². The first-order valence-corrected chi connectivity index (χ1v) is 5.36. The quantitative estimate of drug-likeness (QED) is 0.269. The zero-order valence-corrected chi connectivity index (χ0v) is 11.9. The summed E-state index contributed by atoms with van der Waals surface area (Å²) in [6.07, 6.45) is 0. The molecule has 0 aliphatic heterocycles. The molecule has 0 saturated heterocycles. The van der Waals surface area contributed by atoms with Gasteiger partial charge in [0.05, 0.1) is 39.5 Å². The molecule has 0 fully saturated rings. The number of hydrogen-bond donors (Lipinski definition) is 6. The molecular formula is C9H27N3O9. The molecule has 0 bridgehead atoms. The maximum absolute atomic E-state index is 8.25. The van der Waals surface area contributed by atoms with Crippen LogP contribution in [0.4, 0.5) is 0 Å². The summed E-state index contributed by atoms with van der Waals surface area (Å²) in [6.45, 7) is 1.000. The van der Waals surface area contributed by atoms with Crippen molar-refractivity contribution in [2.24, 2.45) is 0 Å². The molecule has 0 spiro atoms. The summed E-state index contributed by atoms with van der Waals surface area (Å²) >= 11 is 0. The van der Waals surface area contributed by atoms with E-state index in [1.165, 1.54) is 0 Å². The lowest BCUT2D eigenvalue weighted by Crippen LogP contribution is -2.51. The van der Waals surface area contributed by atoms with Crippen molar-refractivity contribution in [3.8, 4) is 0 Å². The van der Waals surface area contributed by atoms with Crippen LogP contribution in [-0.2, 0) is 14.4 Å². The van der Waals surface area contributed by atoms with Gasteiger partial charge >= 0.3 is 0 Å². The highest BCUT2D eigenvalue weighted by molar-refractivity contribution is 5.29. The predicted octanol–water partition coefficient (Wildman–Crippen LogP) is -10.2. The molecule has 0 unspecified atom stereocenters. The summed E-state index contributed by atoms with van der Waals surface area (Å²) < 4.78 is 0. The predicted molar refractivity (Wildman–Crippen MR) is 62.7 cm³/mol. The Hall–Kier alpha value is -1.83. The first kappa shape index (κ1) is 36.5. The highest BCUT2D eigenvalue weighted by atomic mass is 16.4. The van der Waals surface area contributed by atoms with Gasteiger partial charge in [-0.05, 0) is 0 Å². The van der Waals surface area contributed by atoms with Crippen molar-refractivity contribution in [3.05, 3.63) is 0 Å². The van der Waals surface area contributed by atoms with Crippen LogP contribution < -0.4 is 32.5 Å². The van der Waals surface area contributed by atoms with E-state index in [1.54, 1.807) is 0 Å². The highest BCUT2D eigenvalue weighted by Gasteiger charge is 1.61. The summed E-state index contributed by atoms with van der Waals surface area (Å²) in [5.41, 5.74) is 10.1. The Kier molecular flexibility index (Phi) is 181. The topological polar surface area (TPSA) is 264 Å². The molecule has 0 aromatic heterocycles. The average Bonchev–Trinajstić information content (AvgIpc) is 2.50. The third-order valence-corrected chi connectivity index (χ3v) is 0.474. The van der Waals surface area contributed by atoms with Gasteiger partial charge < -0.3 is 62.2 Å². The normalized spacial score (nSPS) is 6.00. The molecule has 0 aromatic carbocycles. The third kappa shape index (κ3) is 3470. The van der Waals surface area contributed by atoms with Crippen LogP contribution in [0.15, 0.2) is 0 Å². The standard InChI is InChI=1S/3C2H7NO.3CH2O2/c3*3-1-2-4;3*2-1-3/h3*4H,1-3H2;3*1H,(H,2,3). The number of hydrogen-bond acceptors (Lipinski definition) is 9. The van der Waals surface area contributed by atoms with E-state index in [0.29, 0.717) is 19.6 Å². The summed E-state index contributed by atoms with van der Waals surface area (Å²) in [4.78, 5) is 24.8. The Bertz CT molecular complexity index is 112. The summed E-state index contributed by atoms with van der Waals surface area (Å²) in [5.74, 6) is 0. The summed E-state index contributed by atoms with van der Waals surface area (Å²) in [6, 6.07) is 0. The fourth-order valence-electron chi connectivity index (χ4n) is 0. The van der Waals surface area contributed by atoms with Crippen LogP contribution in [0.5, 0.6) is 0 Å². The van der Waals surface area contributed by atoms with Crippen molar-refractivity contribution in [3.63, 3.8) is 0 Å². The fourth-order valence-corrected chi connectivity index (χ4v) is 0. The van der Waals surface area contributed by atoms with Gasteiger partial charge in [-0.15, -0.1) is 0 Å². The minimum Gasteiger partial charge on any atom is -0.554 e. The Labute approximate surface area is 122 Å². The Balaban J connectivity index is -0.0000000324. The van der Waals surface area contributed by atoms with Crippen molar-refractivity contribution in [2.45, 2.75) is 0 Å². The Morgan fingerprint density at radius 1 is 0.619 bits per heavy atom. The van der Waals surface area contributed by atoms with Gasteiger partial charge in [0.15, 0.2) is 0 Å². The van der Waals surface area contributed by atoms with Gasteiger partial charge in [-0.25, -0.2) is 0 Å². The molecular weight excluding hydrogens is 294 g/mol. The van der Waals surface area contributed by atoms with E-state index in [1.807, 2.05) is 0 Å². The second-order valence-corrected chi connectivity index (χ2v) is 2.02. The lowest BCUT2D eigenvalue weighted by Gasteiger charge is -1.67. The van der Waals surface area contributed by atoms with E-state index in [-0.39, 0.29) is 19.8 Å². The van der Waals surface area contributed by atoms with Gasteiger partial charge in [-0.3, -0.25) is 0 Å². The number of aliphatic hydroxyl groups excluding tert-OH is 3. The minimum atomic E-state index is -0.500. The van der Waals surface area contributed by atoms with Gasteiger partial charge in [0.2, 0.25) is 0 Å². The molecule has 0 rings (SSSR count). The Morgan fingerprint density at radius 2 is 0.667 bits per heavy atom. The van der Waals surface area contributed by atoms with Gasteiger partial charge in [0, 0.05) is 19.4 Å². The summed E-state index contributed by atoms with van der Waals surface area (Å²) in [7, 11) is 0. The van der Waals surface area contributed by atoms with E-state index in [4.69, 9.17) is 45.0 Å². The fraction of sp³-hybridized carbons (Fsp3) is 0.667. The molecule has 21 heavy (non-hydrogen) atoms. The zero-order chi connectivity index (χ0) is 18.4. The van der Waals surface area contributed by atoms with Crippen molar-refractivity contribution < 1.29 is 62.2 Å². The van der Waals surface area contributed by atoms with Crippen LogP contribution >= 0.6 is 0 Å². The number of rotatable bonds is 3. The van der Waals surface area contributed by atoms with Crippen LogP contribution in [0.2, 0.25) is 0 Å². The number of carbonyl (C=O) groups excluding carboxylic acids is 3. The van der Waals surface area contributed by atoms with Crippen LogP contribution in [0, 0.1) is 0 Å². The lowest BCUT2D eigenvalue weighted by molar-refractivity contribution is -0.372. The largest absolute Gasteiger partial charge is 0.554 e. The Morgan fingerprint density at radius 3 is 0.667 bits per heavy atom. The van der Waals surface area contributed by atoms with Crippen LogP contribution in [0.1, 0.15) is 0 Å². The van der Waals surface area contributed by atoms with E-state index < -0.39 is 19.4 Å². The molecule has 0 aliphatic rings. The molecule has 0 radical (unpaired) electrons. The van der Waals surface area contributed by atoms with Crippen molar-refractivity contribution >= 4 is 19.4 Å². The monoisotopic (exact) mass is 321 g/mol. The van der Waals surface area contributed by atoms with E-state index in [9.17, 15) is 0 Å². The molecule has 0 atom stereocenters. The maximum Gasteiger partial charge on any atom is 0.0974 e. The molecule has 0 heterocycles. The van der Waals surface area contributed by atoms with Gasteiger partial charge in [0.1, 0.15) is 0 Å². The van der Waals surface area contributed by atoms with Gasteiger partial charge in [0.25, 0.3) is 0 Å². The molecule has 12 nitrogen and oxygen atoms in total. The lowest BCUT2D eigenvalue weighted by atomic mass is 10.8. The first-order chi connectivity index (χ1) is 9.99. The van der Waals surface area contributed by atoms with Gasteiger partial charge in [-0.1, -0.05) is 0 Å². The van der Waals surface area contributed by atoms with E-state index >= 15 is 0 Å². The molecule has 0 saturated carbocycles. The van der Waals surface area contributed by atoms with Gasteiger partial charge in [-0.2, -0.15) is 0 Å². The smallest absolute Gasteiger partial charge is 0.0974 e.